The summed E-state index contributed by atoms with van der Waals surface area (Å²) in [6, 6.07) is 15.8. The number of anilines is 1. The van der Waals surface area contributed by atoms with Gasteiger partial charge in [0.25, 0.3) is 0 Å². The standard InChI is InChI=1S/C19H19N3O2/c1-12(2)17-20-15-11-7-6-10-14(15)18(22-17)21-16(19(23)24)13-8-4-3-5-9-13/h3-12,16H,1-2H3,(H,23,24)(H,20,21,22). The van der Waals surface area contributed by atoms with Gasteiger partial charge in [0.1, 0.15) is 11.6 Å². The molecule has 0 fully saturated rings. The molecule has 0 radical (unpaired) electrons. The van der Waals surface area contributed by atoms with E-state index in [4.69, 9.17) is 0 Å². The molecule has 122 valence electrons. The van der Waals surface area contributed by atoms with Crippen molar-refractivity contribution < 1.29 is 9.90 Å². The Hall–Kier alpha value is -2.95. The third kappa shape index (κ3) is 3.20. The highest BCUT2D eigenvalue weighted by atomic mass is 16.4. The molecule has 0 aliphatic heterocycles. The fourth-order valence-corrected chi connectivity index (χ4v) is 2.53. The van der Waals surface area contributed by atoms with Crippen LogP contribution in [0.3, 0.4) is 0 Å². The SMILES string of the molecule is CC(C)c1nc(NC(C(=O)O)c2ccccc2)c2ccccc2n1. The highest BCUT2D eigenvalue weighted by molar-refractivity contribution is 5.91. The highest BCUT2D eigenvalue weighted by Gasteiger charge is 2.21. The van der Waals surface area contributed by atoms with Gasteiger partial charge in [-0.1, -0.05) is 56.3 Å². The molecule has 2 aromatic carbocycles. The quantitative estimate of drug-likeness (QED) is 0.743. The van der Waals surface area contributed by atoms with Gasteiger partial charge in [0.15, 0.2) is 6.04 Å². The van der Waals surface area contributed by atoms with E-state index in [1.807, 2.05) is 56.3 Å². The lowest BCUT2D eigenvalue weighted by Gasteiger charge is -2.18. The largest absolute Gasteiger partial charge is 0.479 e. The first-order valence-electron chi connectivity index (χ1n) is 7.87. The van der Waals surface area contributed by atoms with E-state index < -0.39 is 12.0 Å². The molecule has 0 aliphatic carbocycles. The van der Waals surface area contributed by atoms with Crippen LogP contribution in [0.5, 0.6) is 0 Å². The van der Waals surface area contributed by atoms with Crippen LogP contribution in [0, 0.1) is 0 Å². The molecule has 5 heteroatoms. The van der Waals surface area contributed by atoms with Crippen LogP contribution in [0.2, 0.25) is 0 Å². The maximum absolute atomic E-state index is 11.8. The van der Waals surface area contributed by atoms with Crippen molar-refractivity contribution in [3.8, 4) is 0 Å². The number of hydrogen-bond donors (Lipinski definition) is 2. The molecule has 0 spiro atoms. The number of fused-ring (bicyclic) bond motifs is 1. The minimum Gasteiger partial charge on any atom is -0.479 e. The van der Waals surface area contributed by atoms with Gasteiger partial charge in [-0.2, -0.15) is 0 Å². The van der Waals surface area contributed by atoms with E-state index in [2.05, 4.69) is 15.3 Å². The van der Waals surface area contributed by atoms with Gasteiger partial charge in [-0.3, -0.25) is 0 Å². The first-order valence-corrected chi connectivity index (χ1v) is 7.87. The fourth-order valence-electron chi connectivity index (χ4n) is 2.53. The highest BCUT2D eigenvalue weighted by Crippen LogP contribution is 2.26. The number of para-hydroxylation sites is 1. The Bertz CT molecular complexity index is 863. The molecular weight excluding hydrogens is 302 g/mol. The predicted octanol–water partition coefficient (Wildman–Crippen LogP) is 3.99. The lowest BCUT2D eigenvalue weighted by atomic mass is 10.1. The Kier molecular flexibility index (Phi) is 4.42. The molecular formula is C19H19N3O2. The summed E-state index contributed by atoms with van der Waals surface area (Å²) in [7, 11) is 0. The minimum absolute atomic E-state index is 0.148. The summed E-state index contributed by atoms with van der Waals surface area (Å²) in [5, 5.41) is 13.5. The second kappa shape index (κ2) is 6.66. The summed E-state index contributed by atoms with van der Waals surface area (Å²) in [5.41, 5.74) is 1.48. The molecule has 5 nitrogen and oxygen atoms in total. The van der Waals surface area contributed by atoms with Crippen molar-refractivity contribution in [3.63, 3.8) is 0 Å². The maximum atomic E-state index is 11.8. The molecule has 3 rings (SSSR count). The number of rotatable bonds is 5. The molecule has 2 N–H and O–H groups in total. The van der Waals surface area contributed by atoms with Gasteiger partial charge in [0.2, 0.25) is 0 Å². The average molecular weight is 321 g/mol. The average Bonchev–Trinajstić information content (AvgIpc) is 2.59. The third-order valence-electron chi connectivity index (χ3n) is 3.80. The Labute approximate surface area is 140 Å². The van der Waals surface area contributed by atoms with E-state index in [1.165, 1.54) is 0 Å². The number of carboxylic acid groups (broad SMARTS) is 1. The molecule has 0 bridgehead atoms. The zero-order valence-corrected chi connectivity index (χ0v) is 13.6. The van der Waals surface area contributed by atoms with Gasteiger partial charge >= 0.3 is 5.97 Å². The van der Waals surface area contributed by atoms with E-state index in [9.17, 15) is 9.90 Å². The first kappa shape index (κ1) is 15.9. The molecule has 1 heterocycles. The van der Waals surface area contributed by atoms with Crippen molar-refractivity contribution in [1.29, 1.82) is 0 Å². The van der Waals surface area contributed by atoms with Crippen LogP contribution in [0.1, 0.15) is 37.2 Å². The van der Waals surface area contributed by atoms with Gasteiger partial charge in [-0.15, -0.1) is 0 Å². The molecule has 0 amide bonds. The van der Waals surface area contributed by atoms with Crippen molar-refractivity contribution in [2.24, 2.45) is 0 Å². The molecule has 1 atom stereocenters. The summed E-state index contributed by atoms with van der Waals surface area (Å²) in [6.07, 6.45) is 0. The monoisotopic (exact) mass is 321 g/mol. The number of nitrogens with one attached hydrogen (secondary N) is 1. The Morgan fingerprint density at radius 1 is 1.00 bits per heavy atom. The summed E-state index contributed by atoms with van der Waals surface area (Å²) < 4.78 is 0. The van der Waals surface area contributed by atoms with Crippen LogP contribution in [-0.2, 0) is 4.79 Å². The molecule has 0 aliphatic rings. The number of nitrogens with zero attached hydrogens (tertiary/aromatic N) is 2. The van der Waals surface area contributed by atoms with Gasteiger partial charge in [0, 0.05) is 11.3 Å². The van der Waals surface area contributed by atoms with Crippen LogP contribution in [0.25, 0.3) is 10.9 Å². The Morgan fingerprint density at radius 3 is 2.33 bits per heavy atom. The van der Waals surface area contributed by atoms with Gasteiger partial charge in [0.05, 0.1) is 5.52 Å². The van der Waals surface area contributed by atoms with Gasteiger partial charge in [-0.05, 0) is 17.7 Å². The predicted molar refractivity (Wildman–Crippen MR) is 94.1 cm³/mol. The van der Waals surface area contributed by atoms with Crippen LogP contribution >= 0.6 is 0 Å². The van der Waals surface area contributed by atoms with Crippen LogP contribution in [-0.4, -0.2) is 21.0 Å². The first-order chi connectivity index (χ1) is 11.6. The summed E-state index contributed by atoms with van der Waals surface area (Å²) in [4.78, 5) is 20.9. The summed E-state index contributed by atoms with van der Waals surface area (Å²) in [5.74, 6) is 0.430. The van der Waals surface area contributed by atoms with Crippen molar-refractivity contribution in [1.82, 2.24) is 9.97 Å². The Balaban J connectivity index is 2.09. The molecule has 0 saturated carbocycles. The van der Waals surface area contributed by atoms with E-state index in [-0.39, 0.29) is 5.92 Å². The van der Waals surface area contributed by atoms with E-state index >= 15 is 0 Å². The third-order valence-corrected chi connectivity index (χ3v) is 3.80. The zero-order valence-electron chi connectivity index (χ0n) is 13.6. The second-order valence-electron chi connectivity index (χ2n) is 5.93. The number of hydrogen-bond acceptors (Lipinski definition) is 4. The van der Waals surface area contributed by atoms with Gasteiger partial charge in [-0.25, -0.2) is 14.8 Å². The number of carboxylic acids is 1. The van der Waals surface area contributed by atoms with Crippen molar-refractivity contribution in [2.45, 2.75) is 25.8 Å². The minimum atomic E-state index is -0.949. The van der Waals surface area contributed by atoms with E-state index in [0.29, 0.717) is 17.2 Å². The lowest BCUT2D eigenvalue weighted by Crippen LogP contribution is -2.21. The second-order valence-corrected chi connectivity index (χ2v) is 5.93. The van der Waals surface area contributed by atoms with Crippen LogP contribution in [0.4, 0.5) is 5.82 Å². The van der Waals surface area contributed by atoms with Gasteiger partial charge < -0.3 is 10.4 Å². The van der Waals surface area contributed by atoms with Crippen molar-refractivity contribution >= 4 is 22.7 Å². The topological polar surface area (TPSA) is 75.1 Å². The van der Waals surface area contributed by atoms with E-state index in [1.54, 1.807) is 12.1 Å². The van der Waals surface area contributed by atoms with Crippen LogP contribution in [0.15, 0.2) is 54.6 Å². The molecule has 1 unspecified atom stereocenters. The van der Waals surface area contributed by atoms with E-state index in [0.717, 1.165) is 10.9 Å². The number of aromatic nitrogens is 2. The molecule has 3 aromatic rings. The van der Waals surface area contributed by atoms with Crippen LogP contribution < -0.4 is 5.32 Å². The number of carbonyl (C=O) groups is 1. The smallest absolute Gasteiger partial charge is 0.330 e. The summed E-state index contributed by atoms with van der Waals surface area (Å²) in [6.45, 7) is 4.03. The number of aliphatic carboxylic acids is 1. The Morgan fingerprint density at radius 2 is 1.67 bits per heavy atom. The maximum Gasteiger partial charge on any atom is 0.330 e. The van der Waals surface area contributed by atoms with Crippen molar-refractivity contribution in [2.75, 3.05) is 5.32 Å². The summed E-state index contributed by atoms with van der Waals surface area (Å²) >= 11 is 0. The normalized spacial score (nSPS) is 12.3. The lowest BCUT2D eigenvalue weighted by molar-refractivity contribution is -0.138. The number of benzene rings is 2. The zero-order chi connectivity index (χ0) is 17.1. The molecule has 24 heavy (non-hydrogen) atoms. The van der Waals surface area contributed by atoms with Crippen molar-refractivity contribution in [3.05, 3.63) is 66.0 Å². The molecule has 1 aromatic heterocycles. The fraction of sp³-hybridized carbons (Fsp3) is 0.211. The molecule has 0 saturated heterocycles.